The Balaban J connectivity index is 1.83. The van der Waals surface area contributed by atoms with Crippen LogP contribution in [0.25, 0.3) is 5.65 Å². The van der Waals surface area contributed by atoms with Crippen molar-refractivity contribution in [3.05, 3.63) is 59.6 Å². The summed E-state index contributed by atoms with van der Waals surface area (Å²) in [4.78, 5) is 24.9. The van der Waals surface area contributed by atoms with Crippen LogP contribution >= 0.6 is 0 Å². The van der Waals surface area contributed by atoms with Gasteiger partial charge in [-0.25, -0.2) is 15.0 Å². The van der Waals surface area contributed by atoms with Crippen LogP contribution in [0.1, 0.15) is 27.6 Å². The van der Waals surface area contributed by atoms with Crippen molar-refractivity contribution in [2.75, 3.05) is 0 Å². The second-order valence-corrected chi connectivity index (χ2v) is 4.81. The summed E-state index contributed by atoms with van der Waals surface area (Å²) < 4.78 is 1.79. The average Bonchev–Trinajstić information content (AvgIpc) is 2.81. The molecule has 21 heavy (non-hydrogen) atoms. The van der Waals surface area contributed by atoms with E-state index in [1.54, 1.807) is 4.40 Å². The van der Waals surface area contributed by atoms with Gasteiger partial charge in [0.2, 0.25) is 0 Å². The van der Waals surface area contributed by atoms with Gasteiger partial charge in [-0.05, 0) is 32.0 Å². The van der Waals surface area contributed by atoms with E-state index in [0.29, 0.717) is 17.9 Å². The van der Waals surface area contributed by atoms with E-state index in [1.165, 1.54) is 6.33 Å². The number of amides is 1. The normalized spacial score (nSPS) is 10.8. The molecule has 3 heterocycles. The Hall–Kier alpha value is -2.76. The van der Waals surface area contributed by atoms with E-state index in [4.69, 9.17) is 0 Å². The number of hydrogen-bond donors (Lipinski definition) is 1. The number of hydrogen-bond acceptors (Lipinski definition) is 4. The first-order valence-corrected chi connectivity index (χ1v) is 6.64. The summed E-state index contributed by atoms with van der Waals surface area (Å²) in [6, 6.07) is 7.49. The Labute approximate surface area is 121 Å². The summed E-state index contributed by atoms with van der Waals surface area (Å²) in [7, 11) is 0. The monoisotopic (exact) mass is 281 g/mol. The van der Waals surface area contributed by atoms with E-state index in [-0.39, 0.29) is 5.91 Å². The van der Waals surface area contributed by atoms with Crippen molar-refractivity contribution >= 4 is 11.6 Å². The number of aromatic nitrogens is 4. The molecule has 3 aromatic rings. The molecule has 0 aliphatic heterocycles. The maximum atomic E-state index is 12.4. The standard InChI is InChI=1S/C15H15N5O/c1-10-7-12(18-9-17-10)8-16-15(21)14-11(2)19-13-5-3-4-6-20(13)14/h3-7,9H,8H2,1-2H3,(H,16,21). The van der Waals surface area contributed by atoms with Crippen LogP contribution in [-0.4, -0.2) is 25.3 Å². The molecule has 6 nitrogen and oxygen atoms in total. The largest absolute Gasteiger partial charge is 0.345 e. The molecular weight excluding hydrogens is 266 g/mol. The molecule has 0 bridgehead atoms. The summed E-state index contributed by atoms with van der Waals surface area (Å²) in [5, 5.41) is 2.87. The molecule has 6 heteroatoms. The molecule has 1 amide bonds. The van der Waals surface area contributed by atoms with Gasteiger partial charge in [0.05, 0.1) is 17.9 Å². The Morgan fingerprint density at radius 2 is 2.14 bits per heavy atom. The number of aryl methyl sites for hydroxylation is 2. The highest BCUT2D eigenvalue weighted by Crippen LogP contribution is 2.11. The van der Waals surface area contributed by atoms with Crippen molar-refractivity contribution in [1.82, 2.24) is 24.7 Å². The highest BCUT2D eigenvalue weighted by Gasteiger charge is 2.15. The molecule has 0 saturated heterocycles. The summed E-state index contributed by atoms with van der Waals surface area (Å²) in [6.07, 6.45) is 3.33. The molecule has 1 N–H and O–H groups in total. The Kier molecular flexibility index (Phi) is 3.35. The number of carbonyl (C=O) groups excluding carboxylic acids is 1. The predicted octanol–water partition coefficient (Wildman–Crippen LogP) is 1.67. The predicted molar refractivity (Wildman–Crippen MR) is 77.9 cm³/mol. The molecule has 0 unspecified atom stereocenters. The third-order valence-corrected chi connectivity index (χ3v) is 3.21. The number of nitrogens with one attached hydrogen (secondary N) is 1. The molecule has 3 rings (SSSR count). The summed E-state index contributed by atoms with van der Waals surface area (Å²) >= 11 is 0. The lowest BCUT2D eigenvalue weighted by atomic mass is 10.3. The molecule has 3 aromatic heterocycles. The number of carbonyl (C=O) groups is 1. The van der Waals surface area contributed by atoms with Crippen molar-refractivity contribution in [1.29, 1.82) is 0 Å². The molecule has 0 aromatic carbocycles. The third-order valence-electron chi connectivity index (χ3n) is 3.21. The van der Waals surface area contributed by atoms with Crippen molar-refractivity contribution < 1.29 is 4.79 Å². The first-order valence-electron chi connectivity index (χ1n) is 6.64. The highest BCUT2D eigenvalue weighted by molar-refractivity contribution is 5.94. The molecule has 0 fully saturated rings. The van der Waals surface area contributed by atoms with Gasteiger partial charge in [-0.3, -0.25) is 9.20 Å². The van der Waals surface area contributed by atoms with Gasteiger partial charge >= 0.3 is 0 Å². The zero-order valence-corrected chi connectivity index (χ0v) is 11.9. The minimum atomic E-state index is -0.164. The Bertz CT molecular complexity index is 809. The van der Waals surface area contributed by atoms with Crippen LogP contribution in [-0.2, 0) is 6.54 Å². The van der Waals surface area contributed by atoms with Crippen molar-refractivity contribution in [3.63, 3.8) is 0 Å². The highest BCUT2D eigenvalue weighted by atomic mass is 16.1. The molecule has 0 saturated carbocycles. The van der Waals surface area contributed by atoms with E-state index in [1.807, 2.05) is 44.3 Å². The number of fused-ring (bicyclic) bond motifs is 1. The van der Waals surface area contributed by atoms with Gasteiger partial charge < -0.3 is 5.32 Å². The van der Waals surface area contributed by atoms with Gasteiger partial charge in [0, 0.05) is 11.9 Å². The lowest BCUT2D eigenvalue weighted by Gasteiger charge is -2.06. The summed E-state index contributed by atoms with van der Waals surface area (Å²) in [5.74, 6) is -0.164. The molecule has 0 radical (unpaired) electrons. The van der Waals surface area contributed by atoms with Gasteiger partial charge in [0.15, 0.2) is 0 Å². The van der Waals surface area contributed by atoms with E-state index in [2.05, 4.69) is 20.3 Å². The quantitative estimate of drug-likeness (QED) is 0.792. The number of nitrogens with zero attached hydrogens (tertiary/aromatic N) is 4. The topological polar surface area (TPSA) is 72.2 Å². The fourth-order valence-electron chi connectivity index (χ4n) is 2.25. The number of pyridine rings is 1. The van der Waals surface area contributed by atoms with Crippen LogP contribution in [0.2, 0.25) is 0 Å². The van der Waals surface area contributed by atoms with Gasteiger partial charge in [-0.15, -0.1) is 0 Å². The second-order valence-electron chi connectivity index (χ2n) is 4.81. The molecule has 0 atom stereocenters. The molecule has 0 aliphatic carbocycles. The van der Waals surface area contributed by atoms with Crippen molar-refractivity contribution in [2.24, 2.45) is 0 Å². The Morgan fingerprint density at radius 1 is 1.29 bits per heavy atom. The molecule has 106 valence electrons. The van der Waals surface area contributed by atoms with Crippen molar-refractivity contribution in [3.8, 4) is 0 Å². The average molecular weight is 281 g/mol. The number of imidazole rings is 1. The maximum absolute atomic E-state index is 12.4. The first-order chi connectivity index (χ1) is 10.1. The third kappa shape index (κ3) is 2.60. The zero-order chi connectivity index (χ0) is 14.8. The zero-order valence-electron chi connectivity index (χ0n) is 11.9. The minimum Gasteiger partial charge on any atom is -0.345 e. The summed E-state index contributed by atoms with van der Waals surface area (Å²) in [6.45, 7) is 4.08. The van der Waals surface area contributed by atoms with Crippen LogP contribution in [0.4, 0.5) is 0 Å². The van der Waals surface area contributed by atoms with Gasteiger partial charge in [-0.2, -0.15) is 0 Å². The van der Waals surface area contributed by atoms with Gasteiger partial charge in [0.25, 0.3) is 5.91 Å². The van der Waals surface area contributed by atoms with E-state index in [9.17, 15) is 4.79 Å². The van der Waals surface area contributed by atoms with Gasteiger partial charge in [0.1, 0.15) is 17.7 Å². The maximum Gasteiger partial charge on any atom is 0.270 e. The van der Waals surface area contributed by atoms with Crippen molar-refractivity contribution in [2.45, 2.75) is 20.4 Å². The SMILES string of the molecule is Cc1cc(CNC(=O)c2c(C)nc3ccccn23)ncn1. The fraction of sp³-hybridized carbons (Fsp3) is 0.200. The molecular formula is C15H15N5O. The second kappa shape index (κ2) is 5.32. The van der Waals surface area contributed by atoms with Crippen LogP contribution in [0.3, 0.4) is 0 Å². The fourth-order valence-corrected chi connectivity index (χ4v) is 2.25. The van der Waals surface area contributed by atoms with Crippen LogP contribution < -0.4 is 5.32 Å². The van der Waals surface area contributed by atoms with Crippen LogP contribution in [0.15, 0.2) is 36.8 Å². The van der Waals surface area contributed by atoms with Crippen LogP contribution in [0, 0.1) is 13.8 Å². The van der Waals surface area contributed by atoms with Gasteiger partial charge in [-0.1, -0.05) is 6.07 Å². The lowest BCUT2D eigenvalue weighted by Crippen LogP contribution is -2.25. The lowest BCUT2D eigenvalue weighted by molar-refractivity contribution is 0.0944. The smallest absolute Gasteiger partial charge is 0.270 e. The minimum absolute atomic E-state index is 0.164. The number of rotatable bonds is 3. The molecule has 0 aliphatic rings. The van der Waals surface area contributed by atoms with Crippen LogP contribution in [0.5, 0.6) is 0 Å². The first kappa shape index (κ1) is 13.2. The van der Waals surface area contributed by atoms with E-state index >= 15 is 0 Å². The van der Waals surface area contributed by atoms with E-state index < -0.39 is 0 Å². The molecule has 0 spiro atoms. The van der Waals surface area contributed by atoms with E-state index in [0.717, 1.165) is 17.0 Å². The summed E-state index contributed by atoms with van der Waals surface area (Å²) in [5.41, 5.74) is 3.68. The Morgan fingerprint density at radius 3 is 2.95 bits per heavy atom.